The summed E-state index contributed by atoms with van der Waals surface area (Å²) >= 11 is 0. The van der Waals surface area contributed by atoms with Crippen LogP contribution in [0, 0.1) is 0 Å². The number of carbonyl (C=O) groups is 2. The van der Waals surface area contributed by atoms with Crippen molar-refractivity contribution in [2.24, 2.45) is 0 Å². The molecular formula is C17H24N2O3. The first kappa shape index (κ1) is 16.3. The molecule has 1 atom stereocenters. The van der Waals surface area contributed by atoms with Gasteiger partial charge in [-0.1, -0.05) is 6.92 Å². The van der Waals surface area contributed by atoms with Crippen LogP contribution in [0.15, 0.2) is 24.3 Å². The lowest BCUT2D eigenvalue weighted by molar-refractivity contribution is -0.138. The van der Waals surface area contributed by atoms with Crippen molar-refractivity contribution in [2.45, 2.75) is 51.5 Å². The van der Waals surface area contributed by atoms with Gasteiger partial charge in [0.25, 0.3) is 0 Å². The Morgan fingerprint density at radius 3 is 2.59 bits per heavy atom. The first-order valence-electron chi connectivity index (χ1n) is 7.98. The van der Waals surface area contributed by atoms with Gasteiger partial charge in [0, 0.05) is 30.4 Å². The number of hydrogen-bond donors (Lipinski definition) is 2. The molecule has 5 heteroatoms. The molecule has 1 aromatic carbocycles. The molecule has 1 aliphatic heterocycles. The summed E-state index contributed by atoms with van der Waals surface area (Å²) in [6.45, 7) is 3.31. The molecule has 1 fully saturated rings. The fourth-order valence-corrected chi connectivity index (χ4v) is 2.95. The van der Waals surface area contributed by atoms with Crippen molar-refractivity contribution in [3.63, 3.8) is 0 Å². The zero-order valence-electron chi connectivity index (χ0n) is 13.0. The Hall–Kier alpha value is -2.04. The summed E-state index contributed by atoms with van der Waals surface area (Å²) in [5.41, 5.74) is 1.90. The Labute approximate surface area is 131 Å². The molecule has 1 unspecified atom stereocenters. The lowest BCUT2D eigenvalue weighted by atomic mass is 9.99. The molecule has 0 aromatic heterocycles. The third-order valence-corrected chi connectivity index (χ3v) is 4.15. The van der Waals surface area contributed by atoms with Crippen LogP contribution in [0.2, 0.25) is 0 Å². The van der Waals surface area contributed by atoms with E-state index in [0.29, 0.717) is 11.7 Å². The molecule has 1 aromatic rings. The third kappa shape index (κ3) is 4.48. The minimum atomic E-state index is -0.957. The predicted octanol–water partition coefficient (Wildman–Crippen LogP) is 3.26. The Bertz CT molecular complexity index is 513. The van der Waals surface area contributed by atoms with Crippen molar-refractivity contribution in [3.05, 3.63) is 24.3 Å². The Morgan fingerprint density at radius 1 is 1.23 bits per heavy atom. The largest absolute Gasteiger partial charge is 0.481 e. The highest BCUT2D eigenvalue weighted by molar-refractivity contribution is 5.92. The summed E-state index contributed by atoms with van der Waals surface area (Å²) < 4.78 is 0. The van der Waals surface area contributed by atoms with Gasteiger partial charge < -0.3 is 15.3 Å². The molecule has 120 valence electrons. The summed E-state index contributed by atoms with van der Waals surface area (Å²) in [6, 6.07) is 8.43. The summed E-state index contributed by atoms with van der Waals surface area (Å²) in [5.74, 6) is -1.22. The minimum Gasteiger partial charge on any atom is -0.481 e. The monoisotopic (exact) mass is 304 g/mol. The fourth-order valence-electron chi connectivity index (χ4n) is 2.95. The summed E-state index contributed by atoms with van der Waals surface area (Å²) in [5, 5.41) is 11.3. The molecule has 1 amide bonds. The summed E-state index contributed by atoms with van der Waals surface area (Å²) in [4.78, 5) is 24.5. The molecule has 0 radical (unpaired) electrons. The van der Waals surface area contributed by atoms with Gasteiger partial charge in [-0.25, -0.2) is 0 Å². The van der Waals surface area contributed by atoms with Crippen LogP contribution in [-0.4, -0.2) is 29.6 Å². The number of hydrogen-bond acceptors (Lipinski definition) is 3. The van der Waals surface area contributed by atoms with E-state index in [9.17, 15) is 9.59 Å². The van der Waals surface area contributed by atoms with E-state index in [1.807, 2.05) is 24.3 Å². The first-order chi connectivity index (χ1) is 10.6. The van der Waals surface area contributed by atoms with E-state index in [1.54, 1.807) is 0 Å². The number of piperidine rings is 1. The highest BCUT2D eigenvalue weighted by atomic mass is 16.4. The van der Waals surface area contributed by atoms with Crippen LogP contribution < -0.4 is 10.2 Å². The zero-order chi connectivity index (χ0) is 15.9. The maximum atomic E-state index is 11.6. The number of rotatable bonds is 6. The second-order valence-corrected chi connectivity index (χ2v) is 5.74. The number of benzene rings is 1. The number of nitrogens with one attached hydrogen (secondary N) is 1. The van der Waals surface area contributed by atoms with Crippen LogP contribution >= 0.6 is 0 Å². The smallest absolute Gasteiger partial charge is 0.303 e. The number of amides is 1. The van der Waals surface area contributed by atoms with Gasteiger partial charge in [0.2, 0.25) is 5.91 Å². The van der Waals surface area contributed by atoms with E-state index >= 15 is 0 Å². The SMILES string of the molecule is CCC1CCCCN1c1ccc(NC(=O)CCC(=O)O)cc1. The van der Waals surface area contributed by atoms with Gasteiger partial charge in [-0.2, -0.15) is 0 Å². The molecule has 22 heavy (non-hydrogen) atoms. The van der Waals surface area contributed by atoms with Gasteiger partial charge in [-0.15, -0.1) is 0 Å². The summed E-state index contributed by atoms with van der Waals surface area (Å²) in [6.07, 6.45) is 4.77. The van der Waals surface area contributed by atoms with Crippen LogP contribution in [-0.2, 0) is 9.59 Å². The van der Waals surface area contributed by atoms with E-state index < -0.39 is 5.97 Å². The van der Waals surface area contributed by atoms with Gasteiger partial charge in [-0.05, 0) is 49.9 Å². The highest BCUT2D eigenvalue weighted by Crippen LogP contribution is 2.27. The van der Waals surface area contributed by atoms with Crippen LogP contribution in [0.4, 0.5) is 11.4 Å². The lowest BCUT2D eigenvalue weighted by Crippen LogP contribution is -2.39. The normalized spacial score (nSPS) is 18.0. The van der Waals surface area contributed by atoms with Gasteiger partial charge in [0.15, 0.2) is 0 Å². The number of carboxylic acid groups (broad SMARTS) is 1. The van der Waals surface area contributed by atoms with E-state index in [0.717, 1.165) is 13.0 Å². The average Bonchev–Trinajstić information content (AvgIpc) is 2.53. The number of carbonyl (C=O) groups excluding carboxylic acids is 1. The highest BCUT2D eigenvalue weighted by Gasteiger charge is 2.20. The number of carboxylic acids is 1. The quantitative estimate of drug-likeness (QED) is 0.846. The molecule has 0 bridgehead atoms. The molecule has 5 nitrogen and oxygen atoms in total. The molecule has 0 aliphatic carbocycles. The van der Waals surface area contributed by atoms with E-state index in [1.165, 1.54) is 24.9 Å². The predicted molar refractivity (Wildman–Crippen MR) is 87.2 cm³/mol. The van der Waals surface area contributed by atoms with Gasteiger partial charge in [0.05, 0.1) is 6.42 Å². The minimum absolute atomic E-state index is 0.00111. The van der Waals surface area contributed by atoms with Gasteiger partial charge in [-0.3, -0.25) is 9.59 Å². The van der Waals surface area contributed by atoms with Gasteiger partial charge >= 0.3 is 5.97 Å². The average molecular weight is 304 g/mol. The molecule has 1 saturated heterocycles. The third-order valence-electron chi connectivity index (χ3n) is 4.15. The van der Waals surface area contributed by atoms with Crippen molar-refractivity contribution >= 4 is 23.3 Å². The van der Waals surface area contributed by atoms with Crippen LogP contribution in [0.1, 0.15) is 45.4 Å². The number of aliphatic carboxylic acids is 1. The summed E-state index contributed by atoms with van der Waals surface area (Å²) in [7, 11) is 0. The number of anilines is 2. The zero-order valence-corrected chi connectivity index (χ0v) is 13.0. The van der Waals surface area contributed by atoms with E-state index in [-0.39, 0.29) is 18.7 Å². The van der Waals surface area contributed by atoms with E-state index in [2.05, 4.69) is 17.1 Å². The van der Waals surface area contributed by atoms with Crippen molar-refractivity contribution in [1.29, 1.82) is 0 Å². The van der Waals surface area contributed by atoms with Crippen LogP contribution in [0.5, 0.6) is 0 Å². The molecule has 2 rings (SSSR count). The van der Waals surface area contributed by atoms with Crippen molar-refractivity contribution in [2.75, 3.05) is 16.8 Å². The second-order valence-electron chi connectivity index (χ2n) is 5.74. The Balaban J connectivity index is 1.94. The van der Waals surface area contributed by atoms with Gasteiger partial charge in [0.1, 0.15) is 0 Å². The molecule has 1 heterocycles. The molecule has 0 spiro atoms. The molecular weight excluding hydrogens is 280 g/mol. The van der Waals surface area contributed by atoms with E-state index in [4.69, 9.17) is 5.11 Å². The second kappa shape index (κ2) is 7.82. The maximum Gasteiger partial charge on any atom is 0.303 e. The Morgan fingerprint density at radius 2 is 1.95 bits per heavy atom. The maximum absolute atomic E-state index is 11.6. The fraction of sp³-hybridized carbons (Fsp3) is 0.529. The van der Waals surface area contributed by atoms with Crippen LogP contribution in [0.3, 0.4) is 0 Å². The van der Waals surface area contributed by atoms with Crippen LogP contribution in [0.25, 0.3) is 0 Å². The topological polar surface area (TPSA) is 69.6 Å². The Kier molecular flexibility index (Phi) is 5.81. The van der Waals surface area contributed by atoms with Crippen molar-refractivity contribution in [3.8, 4) is 0 Å². The standard InChI is InChI=1S/C17H24N2O3/c1-2-14-5-3-4-12-19(14)15-8-6-13(7-9-15)18-16(20)10-11-17(21)22/h6-9,14H,2-5,10-12H2,1H3,(H,18,20)(H,21,22). The molecule has 2 N–H and O–H groups in total. The molecule has 0 saturated carbocycles. The lowest BCUT2D eigenvalue weighted by Gasteiger charge is -2.37. The van der Waals surface area contributed by atoms with Crippen molar-refractivity contribution in [1.82, 2.24) is 0 Å². The first-order valence-corrected chi connectivity index (χ1v) is 7.98. The number of nitrogens with zero attached hydrogens (tertiary/aromatic N) is 1. The van der Waals surface area contributed by atoms with Crippen molar-refractivity contribution < 1.29 is 14.7 Å². The molecule has 1 aliphatic rings.